The van der Waals surface area contributed by atoms with Crippen LogP contribution in [0.3, 0.4) is 0 Å². The highest BCUT2D eigenvalue weighted by molar-refractivity contribution is 5.93. The van der Waals surface area contributed by atoms with Crippen molar-refractivity contribution in [1.82, 2.24) is 21.4 Å². The largest absolute Gasteiger partial charge is 1.00 e. The van der Waals surface area contributed by atoms with Crippen LogP contribution in [0, 0.1) is 5.92 Å². The molecule has 0 saturated carbocycles. The second-order valence-corrected chi connectivity index (χ2v) is 9.03. The van der Waals surface area contributed by atoms with Gasteiger partial charge in [0.1, 0.15) is 12.1 Å². The molecule has 5 amide bonds. The lowest BCUT2D eigenvalue weighted by Crippen LogP contribution is -3.00. The van der Waals surface area contributed by atoms with E-state index in [9.17, 15) is 19.2 Å². The van der Waals surface area contributed by atoms with Crippen LogP contribution in [0.2, 0.25) is 0 Å². The van der Waals surface area contributed by atoms with Gasteiger partial charge in [0.05, 0.1) is 12.6 Å². The molecule has 0 radical (unpaired) electrons. The Morgan fingerprint density at radius 3 is 2.16 bits per heavy atom. The topological polar surface area (TPSA) is 221 Å². The minimum Gasteiger partial charge on any atom is -1.00 e. The highest BCUT2D eigenvalue weighted by Crippen LogP contribution is 2.08. The average molecular weight is 555 g/mol. The van der Waals surface area contributed by atoms with Crippen LogP contribution < -0.4 is 56.0 Å². The van der Waals surface area contributed by atoms with E-state index < -0.39 is 36.0 Å². The number of guanidine groups is 1. The number of nitrogens with one attached hydrogen (secondary N) is 5. The second-order valence-electron chi connectivity index (χ2n) is 9.03. The van der Waals surface area contributed by atoms with E-state index in [4.69, 9.17) is 17.2 Å². The standard InChI is InChI=1S/C24H39N9O4.ClH/c1-15(2)12-19(30-16(3)34)22(36)32-20(13-17-8-5-4-6-9-17)21(35)31-18(14-29-33-24(27)37)10-7-11-28-23(25)26;/h4-6,8-9,14-15,18-20H,7,10-13H2,1-3H3,(H,30,34)(H,31,35)(H,32,36)(H4,25,26,28)(H3,27,33,37);1H/b29-14+;/t18-,19-,20-;/m0./s1/i14+1;. The van der Waals surface area contributed by atoms with Gasteiger partial charge in [-0.15, -0.1) is 0 Å². The summed E-state index contributed by atoms with van der Waals surface area (Å²) < 4.78 is 0. The third-order valence-corrected chi connectivity index (χ3v) is 5.09. The molecule has 0 aliphatic heterocycles. The number of nitrogens with zero attached hydrogens (tertiary/aromatic N) is 1. The van der Waals surface area contributed by atoms with E-state index in [0.717, 1.165) is 5.56 Å². The van der Waals surface area contributed by atoms with Crippen molar-refractivity contribution in [3.8, 4) is 0 Å². The fraction of sp³-hybridized carbons (Fsp3) is 0.500. The first kappa shape index (κ1) is 34.1. The zero-order valence-electron chi connectivity index (χ0n) is 22.0. The quantitative estimate of drug-likeness (QED) is 0.0347. The predicted molar refractivity (Wildman–Crippen MR) is 141 cm³/mol. The summed E-state index contributed by atoms with van der Waals surface area (Å²) in [5.74, 6) is -1.05. The van der Waals surface area contributed by atoms with E-state index in [1.807, 2.05) is 44.2 Å². The third kappa shape index (κ3) is 15.3. The molecule has 14 heteroatoms. The maximum atomic E-state index is 13.4. The Labute approximate surface area is 229 Å². The number of benzene rings is 1. The molecule has 0 aliphatic rings. The summed E-state index contributed by atoms with van der Waals surface area (Å²) >= 11 is 0. The van der Waals surface area contributed by atoms with Crippen molar-refractivity contribution in [3.63, 3.8) is 0 Å². The molecule has 1 aromatic carbocycles. The van der Waals surface area contributed by atoms with Crippen molar-refractivity contribution >= 4 is 35.9 Å². The zero-order valence-corrected chi connectivity index (χ0v) is 22.8. The molecule has 0 fully saturated rings. The van der Waals surface area contributed by atoms with Gasteiger partial charge in [-0.1, -0.05) is 44.2 Å². The van der Waals surface area contributed by atoms with Crippen LogP contribution in [-0.2, 0) is 20.8 Å². The second kappa shape index (κ2) is 18.4. The van der Waals surface area contributed by atoms with Gasteiger partial charge in [0.25, 0.3) is 0 Å². The van der Waals surface area contributed by atoms with Crippen molar-refractivity contribution in [1.29, 1.82) is 0 Å². The fourth-order valence-corrected chi connectivity index (χ4v) is 3.49. The van der Waals surface area contributed by atoms with Crippen LogP contribution >= 0.6 is 0 Å². The SMILES string of the molecule is CC(=O)N[C@@H](CC(C)C)C(=O)N[C@@H](Cc1ccccc1)C(=O)N[C@@H](CCC[NH+]=C(N)N)/[13CH]=N/NC(N)=O.[Cl-]. The molecule has 3 atom stereocenters. The number of carbonyl (C=O) groups excluding carboxylic acids is 4. The number of carbonyl (C=O) groups is 4. The van der Waals surface area contributed by atoms with Crippen molar-refractivity contribution in [2.45, 2.75) is 64.6 Å². The fourth-order valence-electron chi connectivity index (χ4n) is 3.49. The number of primary amides is 1. The van der Waals surface area contributed by atoms with E-state index >= 15 is 0 Å². The molecule has 0 spiro atoms. The summed E-state index contributed by atoms with van der Waals surface area (Å²) in [5, 5.41) is 12.1. The minimum absolute atomic E-state index is 0. The van der Waals surface area contributed by atoms with Gasteiger partial charge >= 0.3 is 12.0 Å². The van der Waals surface area contributed by atoms with Crippen molar-refractivity contribution in [3.05, 3.63) is 35.9 Å². The number of nitrogens with two attached hydrogens (primary N) is 3. The molecule has 1 rings (SSSR count). The molecule has 38 heavy (non-hydrogen) atoms. The Morgan fingerprint density at radius 1 is 0.974 bits per heavy atom. The van der Waals surface area contributed by atoms with Gasteiger partial charge in [-0.2, -0.15) is 5.10 Å². The monoisotopic (exact) mass is 554 g/mol. The van der Waals surface area contributed by atoms with Gasteiger partial charge in [-0.05, 0) is 30.7 Å². The van der Waals surface area contributed by atoms with E-state index in [0.29, 0.717) is 25.8 Å². The number of rotatable bonds is 15. The van der Waals surface area contributed by atoms with Gasteiger partial charge in [0.15, 0.2) is 0 Å². The molecule has 212 valence electrons. The Balaban J connectivity index is 0.0000137. The van der Waals surface area contributed by atoms with Gasteiger partial charge in [0, 0.05) is 19.6 Å². The molecule has 0 heterocycles. The third-order valence-electron chi connectivity index (χ3n) is 5.09. The van der Waals surface area contributed by atoms with Crippen LogP contribution in [0.5, 0.6) is 0 Å². The van der Waals surface area contributed by atoms with Gasteiger partial charge < -0.3 is 34.1 Å². The lowest BCUT2D eigenvalue weighted by molar-refractivity contribution is -0.459. The highest BCUT2D eigenvalue weighted by atomic mass is 35.5. The lowest BCUT2D eigenvalue weighted by Gasteiger charge is -2.25. The summed E-state index contributed by atoms with van der Waals surface area (Å²) in [5.41, 5.74) is 18.8. The first-order valence-corrected chi connectivity index (χ1v) is 12.1. The summed E-state index contributed by atoms with van der Waals surface area (Å²) in [4.78, 5) is 51.9. The summed E-state index contributed by atoms with van der Waals surface area (Å²) in [6, 6.07) is 6.04. The van der Waals surface area contributed by atoms with Crippen molar-refractivity contribution < 1.29 is 36.6 Å². The molecule has 1 aromatic rings. The highest BCUT2D eigenvalue weighted by Gasteiger charge is 2.28. The number of amides is 5. The van der Waals surface area contributed by atoms with Crippen LogP contribution in [0.1, 0.15) is 45.6 Å². The molecular weight excluding hydrogens is 515 g/mol. The van der Waals surface area contributed by atoms with Gasteiger partial charge in [0.2, 0.25) is 17.7 Å². The first-order valence-electron chi connectivity index (χ1n) is 12.1. The lowest BCUT2D eigenvalue weighted by atomic mass is 10.0. The molecule has 13 nitrogen and oxygen atoms in total. The van der Waals surface area contributed by atoms with E-state index in [-0.39, 0.29) is 36.6 Å². The molecule has 0 bridgehead atoms. The van der Waals surface area contributed by atoms with E-state index in [2.05, 4.69) is 31.5 Å². The number of halogens is 1. The van der Waals surface area contributed by atoms with Gasteiger partial charge in [-0.25, -0.2) is 10.2 Å². The van der Waals surface area contributed by atoms with Crippen LogP contribution in [0.25, 0.3) is 0 Å². The Hall–Kier alpha value is -3.87. The average Bonchev–Trinajstić information content (AvgIpc) is 2.80. The maximum absolute atomic E-state index is 13.4. The molecule has 0 unspecified atom stereocenters. The zero-order chi connectivity index (χ0) is 27.8. The predicted octanol–water partition coefficient (Wildman–Crippen LogP) is -5.46. The molecular formula is C24H40ClN9O4. The number of hydrogen-bond donors (Lipinski definition) is 8. The van der Waals surface area contributed by atoms with Crippen LogP contribution in [0.15, 0.2) is 35.4 Å². The van der Waals surface area contributed by atoms with Gasteiger partial charge in [-0.3, -0.25) is 30.8 Å². The molecule has 0 aliphatic carbocycles. The number of hydrazone groups is 1. The van der Waals surface area contributed by atoms with Crippen molar-refractivity contribution in [2.75, 3.05) is 6.54 Å². The number of hydrogen-bond acceptors (Lipinski definition) is 5. The smallest absolute Gasteiger partial charge is 0.338 e. The molecule has 0 saturated heterocycles. The van der Waals surface area contributed by atoms with Crippen LogP contribution in [0.4, 0.5) is 4.79 Å². The van der Waals surface area contributed by atoms with Crippen molar-refractivity contribution in [2.24, 2.45) is 28.2 Å². The molecule has 11 N–H and O–H groups in total. The first-order chi connectivity index (χ1) is 17.5. The Morgan fingerprint density at radius 2 is 1.61 bits per heavy atom. The molecule has 0 aromatic heterocycles. The summed E-state index contributed by atoms with van der Waals surface area (Å²) in [6.07, 6.45) is 2.95. The minimum atomic E-state index is -0.940. The van der Waals surface area contributed by atoms with E-state index in [1.165, 1.54) is 13.1 Å². The Kier molecular flexibility index (Phi) is 16.5. The van der Waals surface area contributed by atoms with Crippen LogP contribution in [-0.4, -0.2) is 60.6 Å². The summed E-state index contributed by atoms with van der Waals surface area (Å²) in [7, 11) is 0. The maximum Gasteiger partial charge on any atom is 0.338 e. The Bertz CT molecular complexity index is 953. The number of urea groups is 1. The van der Waals surface area contributed by atoms with E-state index in [1.54, 1.807) is 0 Å². The summed E-state index contributed by atoms with van der Waals surface area (Å²) in [6.45, 7) is 5.66. The normalized spacial score (nSPS) is 12.9.